The zero-order valence-electron chi connectivity index (χ0n) is 16.6. The highest BCUT2D eigenvalue weighted by atomic mass is 17.2. The van der Waals surface area contributed by atoms with E-state index in [4.69, 9.17) is 9.62 Å². The summed E-state index contributed by atoms with van der Waals surface area (Å²) in [4.78, 5) is 44.9. The first-order valence-electron chi connectivity index (χ1n) is 9.53. The lowest BCUT2D eigenvalue weighted by Gasteiger charge is -2.27. The summed E-state index contributed by atoms with van der Waals surface area (Å²) in [6.07, 6.45) is 1.43. The number of aryl methyl sites for hydroxylation is 1. The average molecular weight is 392 g/mol. The summed E-state index contributed by atoms with van der Waals surface area (Å²) in [5.41, 5.74) is 1.18. The van der Waals surface area contributed by atoms with Crippen LogP contribution in [0.1, 0.15) is 49.5 Å². The summed E-state index contributed by atoms with van der Waals surface area (Å²) in [5, 5.41) is 5.93. The zero-order chi connectivity index (χ0) is 20.5. The SMILES string of the molecule is CCc1cc(C(=O)[C@H](CNC(C)=O)OC2CCNCC2)ccc1OOC(C)=O. The Hall–Kier alpha value is -2.45. The second-order valence-corrected chi connectivity index (χ2v) is 6.71. The van der Waals surface area contributed by atoms with E-state index in [1.54, 1.807) is 18.2 Å². The third-order valence-electron chi connectivity index (χ3n) is 4.45. The summed E-state index contributed by atoms with van der Waals surface area (Å²) >= 11 is 0. The van der Waals surface area contributed by atoms with Gasteiger partial charge < -0.3 is 15.4 Å². The second kappa shape index (κ2) is 10.8. The van der Waals surface area contributed by atoms with Crippen LogP contribution in [0.25, 0.3) is 0 Å². The van der Waals surface area contributed by atoms with Crippen molar-refractivity contribution < 1.29 is 28.9 Å². The van der Waals surface area contributed by atoms with Crippen molar-refractivity contribution in [3.05, 3.63) is 29.3 Å². The molecule has 8 nitrogen and oxygen atoms in total. The smallest absolute Gasteiger partial charge is 0.352 e. The molecule has 1 aromatic carbocycles. The quantitative estimate of drug-likeness (QED) is 0.373. The number of benzene rings is 1. The first-order chi connectivity index (χ1) is 13.4. The molecule has 0 bridgehead atoms. The fourth-order valence-electron chi connectivity index (χ4n) is 2.98. The van der Waals surface area contributed by atoms with E-state index in [0.29, 0.717) is 17.7 Å². The molecule has 0 radical (unpaired) electrons. The van der Waals surface area contributed by atoms with Crippen molar-refractivity contribution in [2.75, 3.05) is 19.6 Å². The molecule has 0 unspecified atom stereocenters. The third-order valence-corrected chi connectivity index (χ3v) is 4.45. The molecule has 1 aromatic rings. The monoisotopic (exact) mass is 392 g/mol. The molecule has 0 spiro atoms. The van der Waals surface area contributed by atoms with E-state index < -0.39 is 12.1 Å². The van der Waals surface area contributed by atoms with Gasteiger partial charge in [0, 0.05) is 19.4 Å². The van der Waals surface area contributed by atoms with Crippen LogP contribution in [0.4, 0.5) is 0 Å². The Morgan fingerprint density at radius 1 is 1.21 bits per heavy atom. The largest absolute Gasteiger partial charge is 0.365 e. The average Bonchev–Trinajstić information content (AvgIpc) is 2.69. The highest BCUT2D eigenvalue weighted by Gasteiger charge is 2.26. The van der Waals surface area contributed by atoms with Crippen LogP contribution in [0.2, 0.25) is 0 Å². The fourth-order valence-corrected chi connectivity index (χ4v) is 2.98. The maximum Gasteiger partial charge on any atom is 0.352 e. The number of piperidine rings is 1. The maximum absolute atomic E-state index is 13.1. The minimum atomic E-state index is -0.767. The first kappa shape index (κ1) is 21.8. The lowest BCUT2D eigenvalue weighted by Crippen LogP contribution is -2.42. The van der Waals surface area contributed by atoms with Gasteiger partial charge in [0.15, 0.2) is 11.5 Å². The van der Waals surface area contributed by atoms with Crippen LogP contribution >= 0.6 is 0 Å². The van der Waals surface area contributed by atoms with E-state index in [0.717, 1.165) is 31.5 Å². The van der Waals surface area contributed by atoms with Crippen LogP contribution in [0.5, 0.6) is 5.75 Å². The van der Waals surface area contributed by atoms with Gasteiger partial charge in [0.1, 0.15) is 6.10 Å². The maximum atomic E-state index is 13.1. The van der Waals surface area contributed by atoms with Crippen molar-refractivity contribution in [1.29, 1.82) is 0 Å². The van der Waals surface area contributed by atoms with Gasteiger partial charge in [0.05, 0.1) is 12.6 Å². The molecule has 1 aliphatic heterocycles. The van der Waals surface area contributed by atoms with E-state index >= 15 is 0 Å². The number of carbonyl (C=O) groups is 3. The molecule has 0 saturated carbocycles. The van der Waals surface area contributed by atoms with Gasteiger partial charge in [-0.2, -0.15) is 0 Å². The molecule has 28 heavy (non-hydrogen) atoms. The molecule has 154 valence electrons. The molecule has 1 saturated heterocycles. The number of ether oxygens (including phenoxy) is 1. The molecule has 2 rings (SSSR count). The van der Waals surface area contributed by atoms with Crippen LogP contribution in [0.3, 0.4) is 0 Å². The molecule has 2 N–H and O–H groups in total. The van der Waals surface area contributed by atoms with Crippen LogP contribution in [0, 0.1) is 0 Å². The van der Waals surface area contributed by atoms with Crippen molar-refractivity contribution in [2.45, 2.75) is 52.2 Å². The van der Waals surface area contributed by atoms with Crippen molar-refractivity contribution in [1.82, 2.24) is 10.6 Å². The highest BCUT2D eigenvalue weighted by Crippen LogP contribution is 2.23. The molecular formula is C20H28N2O6. The number of hydrogen-bond acceptors (Lipinski definition) is 7. The van der Waals surface area contributed by atoms with E-state index in [2.05, 4.69) is 15.5 Å². The molecule has 1 amide bonds. The van der Waals surface area contributed by atoms with E-state index in [9.17, 15) is 14.4 Å². The lowest BCUT2D eigenvalue weighted by atomic mass is 10.0. The summed E-state index contributed by atoms with van der Waals surface area (Å²) in [6.45, 7) is 6.36. The summed E-state index contributed by atoms with van der Waals surface area (Å²) in [7, 11) is 0. The topological polar surface area (TPSA) is 103 Å². The van der Waals surface area contributed by atoms with Gasteiger partial charge in [0.25, 0.3) is 0 Å². The van der Waals surface area contributed by atoms with Crippen molar-refractivity contribution >= 4 is 17.7 Å². The highest BCUT2D eigenvalue weighted by molar-refractivity contribution is 6.00. The number of Topliss-reactive ketones (excluding diaryl/α,β-unsaturated/α-hetero) is 1. The molecule has 8 heteroatoms. The number of carbonyl (C=O) groups excluding carboxylic acids is 3. The number of ketones is 1. The van der Waals surface area contributed by atoms with E-state index in [-0.39, 0.29) is 24.3 Å². The zero-order valence-corrected chi connectivity index (χ0v) is 16.6. The summed E-state index contributed by atoms with van der Waals surface area (Å²) in [5.74, 6) is -0.605. The molecule has 1 atom stereocenters. The molecule has 0 aliphatic carbocycles. The van der Waals surface area contributed by atoms with Gasteiger partial charge in [-0.1, -0.05) is 6.92 Å². The number of rotatable bonds is 9. The number of amides is 1. The Bertz CT molecular complexity index is 700. The molecular weight excluding hydrogens is 364 g/mol. The van der Waals surface area contributed by atoms with Crippen LogP contribution < -0.4 is 15.5 Å². The van der Waals surface area contributed by atoms with Crippen molar-refractivity contribution in [3.63, 3.8) is 0 Å². The van der Waals surface area contributed by atoms with E-state index in [1.807, 2.05) is 6.92 Å². The normalized spacial score (nSPS) is 15.5. The molecule has 1 aliphatic rings. The molecule has 1 heterocycles. The minimum Gasteiger partial charge on any atom is -0.365 e. The first-order valence-corrected chi connectivity index (χ1v) is 9.53. The van der Waals surface area contributed by atoms with Gasteiger partial charge in [0.2, 0.25) is 5.91 Å². The van der Waals surface area contributed by atoms with Crippen molar-refractivity contribution in [2.24, 2.45) is 0 Å². The Morgan fingerprint density at radius 2 is 1.93 bits per heavy atom. The van der Waals surface area contributed by atoms with Crippen LogP contribution in [-0.4, -0.2) is 49.5 Å². The number of nitrogens with one attached hydrogen (secondary N) is 2. The van der Waals surface area contributed by atoms with E-state index in [1.165, 1.54) is 13.8 Å². The van der Waals surface area contributed by atoms with Crippen LogP contribution in [0.15, 0.2) is 18.2 Å². The standard InChI is InChI=1S/C20H28N2O6/c1-4-15-11-16(5-6-18(15)28-27-14(3)24)20(25)19(12-22-13(2)23)26-17-7-9-21-10-8-17/h5-6,11,17,19,21H,4,7-10,12H2,1-3H3,(H,22,23)/t19-/m0/s1. The summed E-state index contributed by atoms with van der Waals surface area (Å²) < 4.78 is 6.04. The predicted molar refractivity (Wildman–Crippen MR) is 102 cm³/mol. The number of hydrogen-bond donors (Lipinski definition) is 2. The van der Waals surface area contributed by atoms with Gasteiger partial charge >= 0.3 is 5.97 Å². The van der Waals surface area contributed by atoms with Crippen molar-refractivity contribution in [3.8, 4) is 5.75 Å². The Morgan fingerprint density at radius 3 is 2.54 bits per heavy atom. The van der Waals surface area contributed by atoms with Gasteiger partial charge in [-0.05, 0) is 56.1 Å². The molecule has 1 fully saturated rings. The van der Waals surface area contributed by atoms with Crippen LogP contribution in [-0.2, 0) is 25.6 Å². The molecule has 0 aromatic heterocycles. The second-order valence-electron chi connectivity index (χ2n) is 6.71. The fraction of sp³-hybridized carbons (Fsp3) is 0.550. The Labute approximate surface area is 164 Å². The Kier molecular flexibility index (Phi) is 8.41. The predicted octanol–water partition coefficient (Wildman–Crippen LogP) is 1.56. The third kappa shape index (κ3) is 6.61. The Balaban J connectivity index is 2.16. The lowest BCUT2D eigenvalue weighted by molar-refractivity contribution is -0.211. The minimum absolute atomic E-state index is 0.0267. The van der Waals surface area contributed by atoms with Gasteiger partial charge in [-0.15, -0.1) is 0 Å². The summed E-state index contributed by atoms with van der Waals surface area (Å²) in [6, 6.07) is 4.90. The van der Waals surface area contributed by atoms with Gasteiger partial charge in [-0.25, -0.2) is 4.79 Å². The van der Waals surface area contributed by atoms with Gasteiger partial charge in [-0.3, -0.25) is 19.4 Å².